The summed E-state index contributed by atoms with van der Waals surface area (Å²) in [5, 5.41) is 11.1. The molecule has 1 atom stereocenters. The molecule has 1 aliphatic rings. The minimum Gasteiger partial charge on any atom is -0.375 e. The Morgan fingerprint density at radius 2 is 2.12 bits per heavy atom. The zero-order valence-corrected chi connectivity index (χ0v) is 14.6. The maximum absolute atomic E-state index is 12.5. The molecule has 1 aliphatic heterocycles. The van der Waals surface area contributed by atoms with Crippen LogP contribution >= 0.6 is 0 Å². The van der Waals surface area contributed by atoms with Crippen LogP contribution in [0.15, 0.2) is 42.6 Å². The monoisotopic (exact) mass is 351 g/mol. The Bertz CT molecular complexity index is 922. The smallest absolute Gasteiger partial charge is 0.320 e. The van der Waals surface area contributed by atoms with Crippen molar-refractivity contribution in [2.24, 2.45) is 7.05 Å². The molecule has 0 saturated heterocycles. The SMILES string of the molecule is Cn1ncc2cc3nc(c21)COCCCC(c1ccccc1)NC(=O)N3. The predicted octanol–water partition coefficient (Wildman–Crippen LogP) is 3.14. The fourth-order valence-corrected chi connectivity index (χ4v) is 3.33. The second-order valence-electron chi connectivity index (χ2n) is 6.42. The molecule has 2 bridgehead atoms. The lowest BCUT2D eigenvalue weighted by Crippen LogP contribution is -2.33. The number of anilines is 1. The number of hydrogen-bond donors (Lipinski definition) is 2. The number of urea groups is 1. The summed E-state index contributed by atoms with van der Waals surface area (Å²) in [5.41, 5.74) is 2.78. The molecular weight excluding hydrogens is 330 g/mol. The number of nitrogens with zero attached hydrogens (tertiary/aromatic N) is 3. The van der Waals surface area contributed by atoms with E-state index in [9.17, 15) is 4.79 Å². The second kappa shape index (κ2) is 7.13. The van der Waals surface area contributed by atoms with Crippen molar-refractivity contribution in [2.75, 3.05) is 11.9 Å². The maximum atomic E-state index is 12.5. The third kappa shape index (κ3) is 3.39. The minimum atomic E-state index is -0.262. The van der Waals surface area contributed by atoms with E-state index >= 15 is 0 Å². The molecule has 7 heteroatoms. The van der Waals surface area contributed by atoms with Gasteiger partial charge < -0.3 is 10.1 Å². The largest absolute Gasteiger partial charge is 0.375 e. The highest BCUT2D eigenvalue weighted by molar-refractivity contribution is 5.92. The topological polar surface area (TPSA) is 81.1 Å². The Morgan fingerprint density at radius 1 is 1.27 bits per heavy atom. The third-order valence-electron chi connectivity index (χ3n) is 4.56. The summed E-state index contributed by atoms with van der Waals surface area (Å²) >= 11 is 0. The summed E-state index contributed by atoms with van der Waals surface area (Å²) in [5.74, 6) is 0.494. The fourth-order valence-electron chi connectivity index (χ4n) is 3.33. The van der Waals surface area contributed by atoms with E-state index in [0.717, 1.165) is 35.0 Å². The van der Waals surface area contributed by atoms with Crippen LogP contribution in [0, 0.1) is 0 Å². The number of pyridine rings is 1. The first-order valence-corrected chi connectivity index (χ1v) is 8.72. The molecule has 0 aliphatic carbocycles. The Labute approximate surface area is 151 Å². The molecule has 0 saturated carbocycles. The van der Waals surface area contributed by atoms with Crippen LogP contribution in [0.4, 0.5) is 10.6 Å². The molecule has 7 nitrogen and oxygen atoms in total. The molecule has 3 heterocycles. The number of hydrogen-bond acceptors (Lipinski definition) is 4. The predicted molar refractivity (Wildman–Crippen MR) is 98.7 cm³/mol. The lowest BCUT2D eigenvalue weighted by Gasteiger charge is -2.20. The molecule has 0 fully saturated rings. The van der Waals surface area contributed by atoms with Crippen LogP contribution in [-0.2, 0) is 18.4 Å². The van der Waals surface area contributed by atoms with Crippen LogP contribution < -0.4 is 10.6 Å². The summed E-state index contributed by atoms with van der Waals surface area (Å²) in [6.45, 7) is 1.00. The standard InChI is InChI=1S/C19H21N5O2/c1-24-18-14(11-20-24)10-17-21-16(18)12-26-9-5-8-15(22-19(25)23-17)13-6-3-2-4-7-13/h2-4,6-7,10-11,15H,5,8-9,12H2,1H3,(H2,21,22,23,25). The number of aromatic nitrogens is 3. The highest BCUT2D eigenvalue weighted by Gasteiger charge is 2.17. The van der Waals surface area contributed by atoms with Gasteiger partial charge in [-0.1, -0.05) is 30.3 Å². The van der Waals surface area contributed by atoms with E-state index in [1.54, 1.807) is 10.9 Å². The van der Waals surface area contributed by atoms with E-state index in [0.29, 0.717) is 19.0 Å². The highest BCUT2D eigenvalue weighted by atomic mass is 16.5. The van der Waals surface area contributed by atoms with Crippen LogP contribution in [0.5, 0.6) is 0 Å². The van der Waals surface area contributed by atoms with E-state index in [4.69, 9.17) is 4.74 Å². The molecule has 4 rings (SSSR count). The van der Waals surface area contributed by atoms with Crippen molar-refractivity contribution in [2.45, 2.75) is 25.5 Å². The quantitative estimate of drug-likeness (QED) is 0.706. The van der Waals surface area contributed by atoms with Crippen LogP contribution in [-0.4, -0.2) is 27.4 Å². The number of benzene rings is 1. The van der Waals surface area contributed by atoms with Gasteiger partial charge in [0.1, 0.15) is 5.82 Å². The van der Waals surface area contributed by atoms with Gasteiger partial charge in [0.25, 0.3) is 0 Å². The van der Waals surface area contributed by atoms with Crippen LogP contribution in [0.3, 0.4) is 0 Å². The number of ether oxygens (including phenoxy) is 1. The van der Waals surface area contributed by atoms with Gasteiger partial charge in [-0.25, -0.2) is 9.78 Å². The minimum absolute atomic E-state index is 0.0687. The van der Waals surface area contributed by atoms with E-state index < -0.39 is 0 Å². The first-order valence-electron chi connectivity index (χ1n) is 8.72. The maximum Gasteiger partial charge on any atom is 0.320 e. The van der Waals surface area contributed by atoms with Gasteiger partial charge in [0.2, 0.25) is 0 Å². The molecular formula is C19H21N5O2. The highest BCUT2D eigenvalue weighted by Crippen LogP contribution is 2.23. The molecule has 2 N–H and O–H groups in total. The van der Waals surface area contributed by atoms with Gasteiger partial charge in [-0.15, -0.1) is 0 Å². The third-order valence-corrected chi connectivity index (χ3v) is 4.56. The Hall–Kier alpha value is -2.93. The van der Waals surface area contributed by atoms with Gasteiger partial charge in [0.05, 0.1) is 30.1 Å². The molecule has 26 heavy (non-hydrogen) atoms. The Balaban J connectivity index is 1.64. The van der Waals surface area contributed by atoms with Gasteiger partial charge in [-0.05, 0) is 24.5 Å². The van der Waals surface area contributed by atoms with Gasteiger partial charge in [-0.3, -0.25) is 10.00 Å². The molecule has 1 aromatic carbocycles. The average molecular weight is 351 g/mol. The van der Waals surface area contributed by atoms with Gasteiger partial charge in [0, 0.05) is 19.0 Å². The van der Waals surface area contributed by atoms with Crippen molar-refractivity contribution >= 4 is 22.8 Å². The molecule has 0 spiro atoms. The van der Waals surface area contributed by atoms with Crippen molar-refractivity contribution in [3.05, 3.63) is 53.9 Å². The second-order valence-corrected chi connectivity index (χ2v) is 6.42. The van der Waals surface area contributed by atoms with Crippen LogP contribution in [0.1, 0.15) is 30.1 Å². The van der Waals surface area contributed by atoms with Gasteiger partial charge >= 0.3 is 6.03 Å². The summed E-state index contributed by atoms with van der Waals surface area (Å²) < 4.78 is 7.62. The van der Waals surface area contributed by atoms with Gasteiger partial charge in [0.15, 0.2) is 0 Å². The first-order chi connectivity index (χ1) is 12.7. The van der Waals surface area contributed by atoms with E-state index in [2.05, 4.69) is 20.7 Å². The summed E-state index contributed by atoms with van der Waals surface area (Å²) in [6, 6.07) is 11.5. The van der Waals surface area contributed by atoms with Crippen molar-refractivity contribution in [3.8, 4) is 0 Å². The van der Waals surface area contributed by atoms with E-state index in [-0.39, 0.29) is 12.1 Å². The number of fused-ring (bicyclic) bond motifs is 4. The molecule has 0 radical (unpaired) electrons. The lowest BCUT2D eigenvalue weighted by atomic mass is 10.0. The number of carbonyl (C=O) groups is 1. The van der Waals surface area contributed by atoms with Crippen molar-refractivity contribution in [1.82, 2.24) is 20.1 Å². The van der Waals surface area contributed by atoms with Crippen LogP contribution in [0.2, 0.25) is 0 Å². The number of amides is 2. The van der Waals surface area contributed by atoms with Crippen molar-refractivity contribution in [1.29, 1.82) is 0 Å². The number of nitrogens with one attached hydrogen (secondary N) is 2. The molecule has 2 aromatic heterocycles. The number of carbonyl (C=O) groups excluding carboxylic acids is 1. The summed E-state index contributed by atoms with van der Waals surface area (Å²) in [6.07, 6.45) is 3.41. The van der Waals surface area contributed by atoms with E-state index in [1.807, 2.05) is 43.4 Å². The fraction of sp³-hybridized carbons (Fsp3) is 0.316. The number of aryl methyl sites for hydroxylation is 1. The molecule has 1 unspecified atom stereocenters. The number of rotatable bonds is 1. The van der Waals surface area contributed by atoms with Crippen LogP contribution in [0.25, 0.3) is 10.9 Å². The molecule has 2 amide bonds. The summed E-state index contributed by atoms with van der Waals surface area (Å²) in [7, 11) is 1.88. The van der Waals surface area contributed by atoms with E-state index in [1.165, 1.54) is 0 Å². The summed E-state index contributed by atoms with van der Waals surface area (Å²) in [4.78, 5) is 17.1. The zero-order chi connectivity index (χ0) is 17.9. The van der Waals surface area contributed by atoms with Crippen molar-refractivity contribution in [3.63, 3.8) is 0 Å². The average Bonchev–Trinajstić information content (AvgIpc) is 3.01. The van der Waals surface area contributed by atoms with Crippen molar-refractivity contribution < 1.29 is 9.53 Å². The first kappa shape index (κ1) is 16.5. The molecule has 3 aromatic rings. The molecule has 134 valence electrons. The van der Waals surface area contributed by atoms with Gasteiger partial charge in [-0.2, -0.15) is 5.10 Å². The lowest BCUT2D eigenvalue weighted by molar-refractivity contribution is 0.113. The Kier molecular flexibility index (Phi) is 4.53. The zero-order valence-electron chi connectivity index (χ0n) is 14.6. The Morgan fingerprint density at radius 3 is 2.96 bits per heavy atom. The normalized spacial score (nSPS) is 18.5.